The lowest BCUT2D eigenvalue weighted by Gasteiger charge is -2.44. The number of nitrogens with zero attached hydrogens (tertiary/aromatic N) is 1. The van der Waals surface area contributed by atoms with Gasteiger partial charge in [-0.05, 0) is 41.5 Å². The second-order valence-electron chi connectivity index (χ2n) is 8.24. The van der Waals surface area contributed by atoms with Crippen molar-refractivity contribution < 1.29 is 19.7 Å². The minimum atomic E-state index is -0.521. The molecule has 124 valence electrons. The Labute approximate surface area is 128 Å². The summed E-state index contributed by atoms with van der Waals surface area (Å²) in [7, 11) is 0. The average molecular weight is 301 g/mol. The second kappa shape index (κ2) is 5.46. The van der Waals surface area contributed by atoms with Gasteiger partial charge in [0.15, 0.2) is 0 Å². The Bertz CT molecular complexity index is 380. The summed E-state index contributed by atoms with van der Waals surface area (Å²) in [5.41, 5.74) is -1.16. The van der Waals surface area contributed by atoms with Crippen LogP contribution in [0.5, 0.6) is 0 Å². The van der Waals surface area contributed by atoms with Crippen molar-refractivity contribution in [2.75, 3.05) is 26.2 Å². The Morgan fingerprint density at radius 3 is 2.19 bits per heavy atom. The lowest BCUT2D eigenvalue weighted by Crippen LogP contribution is -2.56. The maximum absolute atomic E-state index is 10.6. The molecule has 2 aliphatic rings. The molecule has 0 radical (unpaired) electrons. The number of aliphatic hydroxyl groups excluding tert-OH is 2. The highest BCUT2D eigenvalue weighted by Gasteiger charge is 2.54. The quantitative estimate of drug-likeness (QED) is 0.815. The van der Waals surface area contributed by atoms with Crippen molar-refractivity contribution in [3.63, 3.8) is 0 Å². The molecule has 0 aliphatic carbocycles. The van der Waals surface area contributed by atoms with Gasteiger partial charge in [-0.2, -0.15) is 0 Å². The topological polar surface area (TPSA) is 62.2 Å². The van der Waals surface area contributed by atoms with Crippen molar-refractivity contribution in [1.29, 1.82) is 0 Å². The Balaban J connectivity index is 2.10. The fraction of sp³-hybridized carbons (Fsp3) is 1.00. The Morgan fingerprint density at radius 1 is 1.10 bits per heavy atom. The van der Waals surface area contributed by atoms with Crippen LogP contribution in [0.15, 0.2) is 0 Å². The number of hydrogen-bond donors (Lipinski definition) is 2. The Hall–Kier alpha value is -0.200. The van der Waals surface area contributed by atoms with Gasteiger partial charge >= 0.3 is 0 Å². The number of rotatable bonds is 3. The maximum atomic E-state index is 10.6. The third kappa shape index (κ3) is 3.59. The summed E-state index contributed by atoms with van der Waals surface area (Å²) < 4.78 is 11.9. The summed E-state index contributed by atoms with van der Waals surface area (Å²) in [6.45, 7) is 14.3. The van der Waals surface area contributed by atoms with Crippen molar-refractivity contribution in [3.8, 4) is 0 Å². The number of ether oxygens (including phenoxy) is 2. The number of morpholine rings is 1. The number of hydrogen-bond acceptors (Lipinski definition) is 5. The molecule has 3 atom stereocenters. The van der Waals surface area contributed by atoms with Crippen LogP contribution in [0.2, 0.25) is 0 Å². The lowest BCUT2D eigenvalue weighted by atomic mass is 9.84. The molecule has 0 aromatic carbocycles. The summed E-state index contributed by atoms with van der Waals surface area (Å²) in [5.74, 6) is 0.0424. The van der Waals surface area contributed by atoms with Crippen LogP contribution in [0.25, 0.3) is 0 Å². The first-order valence-electron chi connectivity index (χ1n) is 7.86. The van der Waals surface area contributed by atoms with Crippen LogP contribution in [0.3, 0.4) is 0 Å². The van der Waals surface area contributed by atoms with Gasteiger partial charge < -0.3 is 19.7 Å². The van der Waals surface area contributed by atoms with Crippen molar-refractivity contribution in [1.82, 2.24) is 4.90 Å². The molecule has 0 aromatic rings. The Morgan fingerprint density at radius 2 is 1.71 bits per heavy atom. The van der Waals surface area contributed by atoms with Gasteiger partial charge in [0, 0.05) is 25.6 Å². The molecule has 2 aliphatic heterocycles. The van der Waals surface area contributed by atoms with Gasteiger partial charge in [-0.1, -0.05) is 0 Å². The molecule has 2 fully saturated rings. The van der Waals surface area contributed by atoms with Crippen LogP contribution in [-0.2, 0) is 9.47 Å². The highest BCUT2D eigenvalue weighted by atomic mass is 16.5. The molecule has 2 N–H and O–H groups in total. The van der Waals surface area contributed by atoms with E-state index in [9.17, 15) is 10.2 Å². The highest BCUT2D eigenvalue weighted by Crippen LogP contribution is 2.43. The normalized spacial score (nSPS) is 38.6. The molecule has 0 saturated carbocycles. The van der Waals surface area contributed by atoms with Crippen LogP contribution >= 0.6 is 0 Å². The minimum absolute atomic E-state index is 0.0263. The van der Waals surface area contributed by atoms with Gasteiger partial charge in [0.2, 0.25) is 0 Å². The monoisotopic (exact) mass is 301 g/mol. The predicted molar refractivity (Wildman–Crippen MR) is 81.2 cm³/mol. The van der Waals surface area contributed by atoms with Gasteiger partial charge in [0.25, 0.3) is 0 Å². The van der Waals surface area contributed by atoms with E-state index in [0.717, 1.165) is 13.1 Å². The van der Waals surface area contributed by atoms with Crippen molar-refractivity contribution in [3.05, 3.63) is 0 Å². The molecular weight excluding hydrogens is 270 g/mol. The van der Waals surface area contributed by atoms with E-state index in [1.807, 2.05) is 41.5 Å². The molecule has 21 heavy (non-hydrogen) atoms. The summed E-state index contributed by atoms with van der Waals surface area (Å²) in [6.07, 6.45) is -0.657. The van der Waals surface area contributed by atoms with E-state index < -0.39 is 11.7 Å². The number of aliphatic hydroxyl groups is 2. The van der Waals surface area contributed by atoms with E-state index in [1.165, 1.54) is 0 Å². The van der Waals surface area contributed by atoms with Crippen LogP contribution in [0.4, 0.5) is 0 Å². The lowest BCUT2D eigenvalue weighted by molar-refractivity contribution is -0.154. The summed E-state index contributed by atoms with van der Waals surface area (Å²) in [4.78, 5) is 2.28. The molecule has 2 rings (SSSR count). The van der Waals surface area contributed by atoms with Gasteiger partial charge in [0.05, 0.1) is 35.6 Å². The average Bonchev–Trinajstić information content (AvgIpc) is 2.45. The smallest absolute Gasteiger partial charge is 0.0940 e. The fourth-order valence-corrected chi connectivity index (χ4v) is 3.93. The summed E-state index contributed by atoms with van der Waals surface area (Å²) in [6, 6.07) is 0. The minimum Gasteiger partial charge on any atom is -0.394 e. The fourth-order valence-electron chi connectivity index (χ4n) is 3.93. The third-order valence-corrected chi connectivity index (χ3v) is 4.72. The molecule has 5 heteroatoms. The summed E-state index contributed by atoms with van der Waals surface area (Å²) >= 11 is 0. The van der Waals surface area contributed by atoms with E-state index in [-0.39, 0.29) is 29.8 Å². The van der Waals surface area contributed by atoms with Gasteiger partial charge in [-0.3, -0.25) is 4.90 Å². The first-order chi connectivity index (χ1) is 9.47. The first-order valence-corrected chi connectivity index (χ1v) is 7.86. The molecule has 0 aromatic heterocycles. The zero-order valence-electron chi connectivity index (χ0n) is 14.2. The molecule has 0 spiro atoms. The Kier molecular flexibility index (Phi) is 4.46. The zero-order chi connectivity index (χ0) is 16.1. The molecular formula is C16H31NO4. The van der Waals surface area contributed by atoms with E-state index in [0.29, 0.717) is 6.54 Å². The standard InChI is InChI=1S/C16H31NO4/c1-14(2)10-17(7-11(9-18)20-14)8-12-13(19)16(5,6)21-15(12,3)4/h11-13,18-19H,7-10H2,1-6H3. The zero-order valence-corrected chi connectivity index (χ0v) is 14.2. The summed E-state index contributed by atoms with van der Waals surface area (Å²) in [5, 5.41) is 20.0. The van der Waals surface area contributed by atoms with Crippen LogP contribution in [0, 0.1) is 5.92 Å². The molecule has 3 unspecified atom stereocenters. The second-order valence-corrected chi connectivity index (χ2v) is 8.24. The first kappa shape index (κ1) is 17.2. The molecule has 0 bridgehead atoms. The highest BCUT2D eigenvalue weighted by molar-refractivity contribution is 5.03. The predicted octanol–water partition coefficient (Wildman–Crippen LogP) is 1.02. The van der Waals surface area contributed by atoms with E-state index >= 15 is 0 Å². The van der Waals surface area contributed by atoms with E-state index in [2.05, 4.69) is 4.90 Å². The van der Waals surface area contributed by atoms with Crippen LogP contribution in [0.1, 0.15) is 41.5 Å². The largest absolute Gasteiger partial charge is 0.394 e. The molecule has 2 heterocycles. The van der Waals surface area contributed by atoms with Crippen LogP contribution < -0.4 is 0 Å². The van der Waals surface area contributed by atoms with Gasteiger partial charge in [-0.25, -0.2) is 0 Å². The molecule has 0 amide bonds. The molecule has 2 saturated heterocycles. The van der Waals surface area contributed by atoms with Crippen LogP contribution in [-0.4, -0.2) is 70.4 Å². The van der Waals surface area contributed by atoms with Crippen molar-refractivity contribution >= 4 is 0 Å². The maximum Gasteiger partial charge on any atom is 0.0940 e. The van der Waals surface area contributed by atoms with Crippen molar-refractivity contribution in [2.24, 2.45) is 5.92 Å². The third-order valence-electron chi connectivity index (χ3n) is 4.72. The van der Waals surface area contributed by atoms with Gasteiger partial charge in [-0.15, -0.1) is 0 Å². The van der Waals surface area contributed by atoms with Crippen molar-refractivity contribution in [2.45, 2.75) is 70.6 Å². The van der Waals surface area contributed by atoms with Gasteiger partial charge in [0.1, 0.15) is 0 Å². The molecule has 5 nitrogen and oxygen atoms in total. The SMILES string of the molecule is CC1(C)CN(CC2C(O)C(C)(C)OC2(C)C)CC(CO)O1. The van der Waals surface area contributed by atoms with E-state index in [1.54, 1.807) is 0 Å². The van der Waals surface area contributed by atoms with E-state index in [4.69, 9.17) is 9.47 Å².